The fourth-order valence-corrected chi connectivity index (χ4v) is 4.16. The van der Waals surface area contributed by atoms with Gasteiger partial charge in [0.1, 0.15) is 0 Å². The van der Waals surface area contributed by atoms with Crippen LogP contribution in [0.3, 0.4) is 0 Å². The molecule has 0 radical (unpaired) electrons. The van der Waals surface area contributed by atoms with Crippen LogP contribution in [0.4, 0.5) is 0 Å². The molecule has 2 aliphatic rings. The van der Waals surface area contributed by atoms with E-state index in [1.54, 1.807) is 0 Å². The largest absolute Gasteiger partial charge is 0.326 e. The number of hydrogen-bond acceptors (Lipinski definition) is 2. The van der Waals surface area contributed by atoms with Gasteiger partial charge in [-0.3, -0.25) is 10.1 Å². The Morgan fingerprint density at radius 1 is 1.14 bits per heavy atom. The van der Waals surface area contributed by atoms with Crippen molar-refractivity contribution in [3.05, 3.63) is 0 Å². The SMILES string of the molecule is CCCC1NC(CCC)N(CCC2CCCC(C)C2)C1=O. The Kier molecular flexibility index (Phi) is 6.53. The summed E-state index contributed by atoms with van der Waals surface area (Å²) in [7, 11) is 0. The van der Waals surface area contributed by atoms with Gasteiger partial charge in [-0.1, -0.05) is 52.9 Å². The Bertz CT molecular complexity index is 331. The van der Waals surface area contributed by atoms with Gasteiger partial charge in [0, 0.05) is 6.54 Å². The average molecular weight is 294 g/mol. The second-order valence-electron chi connectivity index (χ2n) is 7.27. The molecule has 1 saturated carbocycles. The Hall–Kier alpha value is -0.570. The Morgan fingerprint density at radius 3 is 2.57 bits per heavy atom. The Morgan fingerprint density at radius 2 is 1.90 bits per heavy atom. The first kappa shape index (κ1) is 16.8. The van der Waals surface area contributed by atoms with Crippen molar-refractivity contribution in [1.82, 2.24) is 10.2 Å². The molecule has 4 atom stereocenters. The number of amides is 1. The molecule has 1 saturated heterocycles. The minimum absolute atomic E-state index is 0.0804. The van der Waals surface area contributed by atoms with Crippen LogP contribution in [-0.2, 0) is 4.79 Å². The molecule has 1 aliphatic carbocycles. The quantitative estimate of drug-likeness (QED) is 0.771. The lowest BCUT2D eigenvalue weighted by molar-refractivity contribution is -0.130. The van der Waals surface area contributed by atoms with Crippen molar-refractivity contribution >= 4 is 5.91 Å². The highest BCUT2D eigenvalue weighted by Crippen LogP contribution is 2.31. The van der Waals surface area contributed by atoms with Gasteiger partial charge in [0.05, 0.1) is 12.2 Å². The third kappa shape index (κ3) is 4.45. The van der Waals surface area contributed by atoms with Crippen LogP contribution >= 0.6 is 0 Å². The molecule has 21 heavy (non-hydrogen) atoms. The summed E-state index contributed by atoms with van der Waals surface area (Å²) in [6.07, 6.45) is 11.3. The van der Waals surface area contributed by atoms with Crippen LogP contribution in [0, 0.1) is 11.8 Å². The maximum Gasteiger partial charge on any atom is 0.241 e. The van der Waals surface area contributed by atoms with Crippen LogP contribution in [0.5, 0.6) is 0 Å². The lowest BCUT2D eigenvalue weighted by Gasteiger charge is -2.30. The van der Waals surface area contributed by atoms with Crippen LogP contribution in [0.1, 0.15) is 78.6 Å². The first-order chi connectivity index (χ1) is 10.2. The van der Waals surface area contributed by atoms with E-state index in [4.69, 9.17) is 0 Å². The smallest absolute Gasteiger partial charge is 0.241 e. The molecule has 3 heteroatoms. The van der Waals surface area contributed by atoms with Crippen molar-refractivity contribution in [2.45, 2.75) is 90.8 Å². The lowest BCUT2D eigenvalue weighted by atomic mass is 9.81. The van der Waals surface area contributed by atoms with Gasteiger partial charge in [-0.15, -0.1) is 0 Å². The molecule has 0 aromatic carbocycles. The molecule has 3 nitrogen and oxygen atoms in total. The van der Waals surface area contributed by atoms with Gasteiger partial charge in [-0.2, -0.15) is 0 Å². The van der Waals surface area contributed by atoms with Crippen molar-refractivity contribution in [2.24, 2.45) is 11.8 Å². The molecular weight excluding hydrogens is 260 g/mol. The molecule has 1 N–H and O–H groups in total. The third-order valence-electron chi connectivity index (χ3n) is 5.31. The molecule has 0 spiro atoms. The summed E-state index contributed by atoms with van der Waals surface area (Å²) in [5.74, 6) is 2.09. The summed E-state index contributed by atoms with van der Waals surface area (Å²) in [6.45, 7) is 7.72. The summed E-state index contributed by atoms with van der Waals surface area (Å²) >= 11 is 0. The van der Waals surface area contributed by atoms with Crippen molar-refractivity contribution in [2.75, 3.05) is 6.54 Å². The maximum atomic E-state index is 12.6. The molecule has 0 aromatic rings. The molecule has 1 amide bonds. The topological polar surface area (TPSA) is 32.3 Å². The molecule has 1 heterocycles. The van der Waals surface area contributed by atoms with E-state index in [1.807, 2.05) is 0 Å². The van der Waals surface area contributed by atoms with Crippen molar-refractivity contribution in [3.8, 4) is 0 Å². The van der Waals surface area contributed by atoms with Gasteiger partial charge in [-0.05, 0) is 37.5 Å². The molecule has 122 valence electrons. The second-order valence-corrected chi connectivity index (χ2v) is 7.27. The molecule has 2 fully saturated rings. The van der Waals surface area contributed by atoms with Gasteiger partial charge in [0.25, 0.3) is 0 Å². The van der Waals surface area contributed by atoms with E-state index in [0.29, 0.717) is 12.1 Å². The summed E-state index contributed by atoms with van der Waals surface area (Å²) < 4.78 is 0. The zero-order valence-corrected chi connectivity index (χ0v) is 14.2. The Balaban J connectivity index is 1.87. The van der Waals surface area contributed by atoms with Crippen LogP contribution in [0.25, 0.3) is 0 Å². The van der Waals surface area contributed by atoms with Crippen molar-refractivity contribution < 1.29 is 4.79 Å². The minimum atomic E-state index is 0.0804. The first-order valence-corrected chi connectivity index (χ1v) is 9.22. The number of nitrogens with one attached hydrogen (secondary N) is 1. The highest BCUT2D eigenvalue weighted by atomic mass is 16.2. The van der Waals surface area contributed by atoms with Crippen LogP contribution in [-0.4, -0.2) is 29.6 Å². The summed E-state index contributed by atoms with van der Waals surface area (Å²) in [4.78, 5) is 14.7. The van der Waals surface area contributed by atoms with Crippen LogP contribution < -0.4 is 5.32 Å². The summed E-state index contributed by atoms with van der Waals surface area (Å²) in [5.41, 5.74) is 0. The predicted octanol–water partition coefficient (Wildman–Crippen LogP) is 3.93. The highest BCUT2D eigenvalue weighted by molar-refractivity contribution is 5.84. The molecule has 4 unspecified atom stereocenters. The van der Waals surface area contributed by atoms with E-state index in [-0.39, 0.29) is 6.04 Å². The van der Waals surface area contributed by atoms with E-state index in [1.165, 1.54) is 32.1 Å². The minimum Gasteiger partial charge on any atom is -0.326 e. The van der Waals surface area contributed by atoms with E-state index in [2.05, 4.69) is 31.0 Å². The fraction of sp³-hybridized carbons (Fsp3) is 0.944. The summed E-state index contributed by atoms with van der Waals surface area (Å²) in [6, 6.07) is 0.0804. The summed E-state index contributed by atoms with van der Waals surface area (Å²) in [5, 5.41) is 3.57. The predicted molar refractivity (Wildman–Crippen MR) is 88.0 cm³/mol. The molecular formula is C18H34N2O. The van der Waals surface area contributed by atoms with Crippen molar-refractivity contribution in [3.63, 3.8) is 0 Å². The van der Waals surface area contributed by atoms with Gasteiger partial charge in [-0.25, -0.2) is 0 Å². The normalized spacial score (nSPS) is 33.7. The number of carbonyl (C=O) groups is 1. The lowest BCUT2D eigenvalue weighted by Crippen LogP contribution is -2.38. The van der Waals surface area contributed by atoms with Gasteiger partial charge in [0.15, 0.2) is 0 Å². The number of nitrogens with zero attached hydrogens (tertiary/aromatic N) is 1. The van der Waals surface area contributed by atoms with Crippen molar-refractivity contribution in [1.29, 1.82) is 0 Å². The fourth-order valence-electron chi connectivity index (χ4n) is 4.16. The standard InChI is InChI=1S/C18H34N2O/c1-4-7-16-18(21)20(17(19-16)8-5-2)12-11-15-10-6-9-14(3)13-15/h14-17,19H,4-13H2,1-3H3. The average Bonchev–Trinajstić information content (AvgIpc) is 2.74. The van der Waals surface area contributed by atoms with E-state index < -0.39 is 0 Å². The molecule has 1 aliphatic heterocycles. The third-order valence-corrected chi connectivity index (χ3v) is 5.31. The zero-order chi connectivity index (χ0) is 15.2. The second kappa shape index (κ2) is 8.17. The zero-order valence-electron chi connectivity index (χ0n) is 14.2. The Labute approximate surface area is 130 Å². The first-order valence-electron chi connectivity index (χ1n) is 9.22. The van der Waals surface area contributed by atoms with E-state index in [0.717, 1.165) is 44.1 Å². The number of carbonyl (C=O) groups excluding carboxylic acids is 1. The number of hydrogen-bond donors (Lipinski definition) is 1. The molecule has 0 bridgehead atoms. The van der Waals surface area contributed by atoms with Gasteiger partial charge < -0.3 is 4.90 Å². The highest BCUT2D eigenvalue weighted by Gasteiger charge is 2.37. The van der Waals surface area contributed by atoms with Crippen LogP contribution in [0.2, 0.25) is 0 Å². The van der Waals surface area contributed by atoms with Gasteiger partial charge in [0.2, 0.25) is 5.91 Å². The number of rotatable bonds is 7. The monoisotopic (exact) mass is 294 g/mol. The maximum absolute atomic E-state index is 12.6. The van der Waals surface area contributed by atoms with E-state index >= 15 is 0 Å². The molecule has 0 aromatic heterocycles. The van der Waals surface area contributed by atoms with Crippen LogP contribution in [0.15, 0.2) is 0 Å². The van der Waals surface area contributed by atoms with Gasteiger partial charge >= 0.3 is 0 Å². The van der Waals surface area contributed by atoms with E-state index in [9.17, 15) is 4.79 Å². The molecule has 2 rings (SSSR count).